The van der Waals surface area contributed by atoms with E-state index in [1.165, 1.54) is 25.3 Å². The molecule has 0 aliphatic heterocycles. The van der Waals surface area contributed by atoms with Gasteiger partial charge < -0.3 is 9.25 Å². The number of rotatable bonds is 4. The van der Waals surface area contributed by atoms with Crippen LogP contribution in [0.4, 0.5) is 5.69 Å². The second-order valence-electron chi connectivity index (χ2n) is 3.94. The Morgan fingerprint density at radius 1 is 1.43 bits per heavy atom. The molecule has 1 aromatic carbocycles. The van der Waals surface area contributed by atoms with Crippen LogP contribution in [0.5, 0.6) is 0 Å². The van der Waals surface area contributed by atoms with E-state index in [1.807, 2.05) is 0 Å². The Hall–Kier alpha value is -2.48. The van der Waals surface area contributed by atoms with Crippen LogP contribution >= 0.6 is 15.9 Å². The molecule has 0 radical (unpaired) electrons. The van der Waals surface area contributed by atoms with Crippen molar-refractivity contribution in [1.82, 2.24) is 0 Å². The van der Waals surface area contributed by atoms with E-state index in [-0.39, 0.29) is 5.69 Å². The molecular weight excluding hydrogens is 344 g/mol. The Morgan fingerprint density at radius 2 is 2.19 bits per heavy atom. The number of nitrogens with zero attached hydrogens (tertiary/aromatic N) is 2. The standard InChI is InChI=1S/C13H9BrN2O5/c1-8(17)21-15-7-10-3-5-13(20-10)11-4-2-9(16(18)19)6-12(11)14/h2-7H,1H3/b15-7+. The Kier molecular flexibility index (Phi) is 4.49. The fourth-order valence-corrected chi connectivity index (χ4v) is 2.10. The summed E-state index contributed by atoms with van der Waals surface area (Å²) in [5.74, 6) is 0.355. The van der Waals surface area contributed by atoms with E-state index in [4.69, 9.17) is 4.42 Å². The molecule has 0 spiro atoms. The van der Waals surface area contributed by atoms with Crippen LogP contribution in [0.25, 0.3) is 11.3 Å². The number of nitro benzene ring substituents is 1. The van der Waals surface area contributed by atoms with Gasteiger partial charge in [0.2, 0.25) is 0 Å². The maximum Gasteiger partial charge on any atom is 0.331 e. The first-order valence-electron chi connectivity index (χ1n) is 5.72. The van der Waals surface area contributed by atoms with Gasteiger partial charge in [0.25, 0.3) is 5.69 Å². The first-order chi connectivity index (χ1) is 9.97. The zero-order valence-electron chi connectivity index (χ0n) is 10.8. The minimum atomic E-state index is -0.531. The molecule has 0 atom stereocenters. The number of oxime groups is 1. The Labute approximate surface area is 127 Å². The van der Waals surface area contributed by atoms with E-state index in [0.29, 0.717) is 21.6 Å². The molecule has 0 aliphatic carbocycles. The van der Waals surface area contributed by atoms with Crippen molar-refractivity contribution in [3.8, 4) is 11.3 Å². The maximum atomic E-state index is 10.7. The molecule has 2 aromatic rings. The average Bonchev–Trinajstić information content (AvgIpc) is 2.86. The highest BCUT2D eigenvalue weighted by Crippen LogP contribution is 2.32. The fraction of sp³-hybridized carbons (Fsp3) is 0.0769. The number of non-ortho nitro benzene ring substituents is 1. The third kappa shape index (κ3) is 3.76. The maximum absolute atomic E-state index is 10.7. The summed E-state index contributed by atoms with van der Waals surface area (Å²) < 4.78 is 6.03. The van der Waals surface area contributed by atoms with Crippen molar-refractivity contribution in [3.05, 3.63) is 50.7 Å². The summed E-state index contributed by atoms with van der Waals surface area (Å²) in [6.45, 7) is 1.24. The van der Waals surface area contributed by atoms with Crippen molar-refractivity contribution in [2.75, 3.05) is 0 Å². The summed E-state index contributed by atoms with van der Waals surface area (Å²) in [5.41, 5.74) is 0.640. The lowest BCUT2D eigenvalue weighted by atomic mass is 10.1. The quantitative estimate of drug-likeness (QED) is 0.363. The molecule has 108 valence electrons. The second-order valence-corrected chi connectivity index (χ2v) is 4.79. The van der Waals surface area contributed by atoms with Crippen LogP contribution in [-0.4, -0.2) is 17.1 Å². The summed E-state index contributed by atoms with van der Waals surface area (Å²) in [6.07, 6.45) is 1.25. The molecule has 0 saturated heterocycles. The Balaban J connectivity index is 2.23. The number of hydrogen-bond donors (Lipinski definition) is 0. The van der Waals surface area contributed by atoms with E-state index < -0.39 is 10.9 Å². The SMILES string of the molecule is CC(=O)O/N=C/c1ccc(-c2ccc([N+](=O)[O-])cc2Br)o1. The second kappa shape index (κ2) is 6.31. The van der Waals surface area contributed by atoms with Gasteiger partial charge in [0, 0.05) is 29.1 Å². The van der Waals surface area contributed by atoms with Crippen molar-refractivity contribution in [2.24, 2.45) is 5.16 Å². The Morgan fingerprint density at radius 3 is 2.81 bits per heavy atom. The van der Waals surface area contributed by atoms with Crippen molar-refractivity contribution in [1.29, 1.82) is 0 Å². The fourth-order valence-electron chi connectivity index (χ4n) is 1.54. The van der Waals surface area contributed by atoms with Crippen LogP contribution in [-0.2, 0) is 9.63 Å². The highest BCUT2D eigenvalue weighted by Gasteiger charge is 2.12. The van der Waals surface area contributed by atoms with Gasteiger partial charge in [-0.05, 0) is 34.1 Å². The molecule has 0 unspecified atom stereocenters. The van der Waals surface area contributed by atoms with E-state index in [9.17, 15) is 14.9 Å². The molecule has 0 amide bonds. The van der Waals surface area contributed by atoms with Crippen LogP contribution in [0.1, 0.15) is 12.7 Å². The molecule has 21 heavy (non-hydrogen) atoms. The monoisotopic (exact) mass is 352 g/mol. The van der Waals surface area contributed by atoms with E-state index in [1.54, 1.807) is 18.2 Å². The lowest BCUT2D eigenvalue weighted by molar-refractivity contribution is -0.384. The normalized spacial score (nSPS) is 10.8. The molecule has 1 aromatic heterocycles. The number of furan rings is 1. The number of halogens is 1. The van der Waals surface area contributed by atoms with Crippen LogP contribution in [0, 0.1) is 10.1 Å². The lowest BCUT2D eigenvalue weighted by Crippen LogP contribution is -1.91. The molecule has 0 bridgehead atoms. The molecule has 8 heteroatoms. The number of benzene rings is 1. The van der Waals surface area contributed by atoms with E-state index in [2.05, 4.69) is 25.9 Å². The zero-order valence-corrected chi connectivity index (χ0v) is 12.4. The number of nitro groups is 1. The first kappa shape index (κ1) is 14.9. The Bertz CT molecular complexity index is 723. The van der Waals surface area contributed by atoms with Gasteiger partial charge in [-0.25, -0.2) is 4.79 Å². The van der Waals surface area contributed by atoms with Crippen LogP contribution in [0.15, 0.2) is 44.4 Å². The van der Waals surface area contributed by atoms with Crippen LogP contribution in [0.3, 0.4) is 0 Å². The molecule has 0 N–H and O–H groups in total. The van der Waals surface area contributed by atoms with Gasteiger partial charge in [0.05, 0.1) is 4.92 Å². The van der Waals surface area contributed by atoms with Crippen molar-refractivity contribution in [3.63, 3.8) is 0 Å². The van der Waals surface area contributed by atoms with Gasteiger partial charge in [0.15, 0.2) is 0 Å². The molecule has 0 fully saturated rings. The van der Waals surface area contributed by atoms with Gasteiger partial charge >= 0.3 is 5.97 Å². The highest BCUT2D eigenvalue weighted by molar-refractivity contribution is 9.10. The van der Waals surface area contributed by atoms with Crippen molar-refractivity contribution < 1.29 is 19.0 Å². The van der Waals surface area contributed by atoms with Gasteiger partial charge in [-0.1, -0.05) is 5.16 Å². The van der Waals surface area contributed by atoms with Gasteiger partial charge in [-0.3, -0.25) is 10.1 Å². The molecule has 0 aliphatic rings. The summed E-state index contributed by atoms with van der Waals surface area (Å²) in [7, 11) is 0. The molecule has 1 heterocycles. The summed E-state index contributed by atoms with van der Waals surface area (Å²) in [6, 6.07) is 7.67. The predicted octanol–water partition coefficient (Wildman–Crippen LogP) is 3.51. The number of carbonyl (C=O) groups excluding carboxylic acids is 1. The van der Waals surface area contributed by atoms with Gasteiger partial charge in [-0.15, -0.1) is 0 Å². The number of hydrogen-bond acceptors (Lipinski definition) is 6. The largest absolute Gasteiger partial charge is 0.455 e. The molecule has 0 saturated carbocycles. The van der Waals surface area contributed by atoms with Crippen molar-refractivity contribution in [2.45, 2.75) is 6.92 Å². The number of carbonyl (C=O) groups is 1. The summed E-state index contributed by atoms with van der Waals surface area (Å²) in [5, 5.41) is 14.1. The summed E-state index contributed by atoms with van der Waals surface area (Å²) in [4.78, 5) is 25.2. The van der Waals surface area contributed by atoms with Gasteiger partial charge in [0.1, 0.15) is 17.7 Å². The average molecular weight is 353 g/mol. The minimum absolute atomic E-state index is 0.0196. The lowest BCUT2D eigenvalue weighted by Gasteiger charge is -2.00. The van der Waals surface area contributed by atoms with Gasteiger partial charge in [-0.2, -0.15) is 0 Å². The van der Waals surface area contributed by atoms with Crippen molar-refractivity contribution >= 4 is 33.8 Å². The van der Waals surface area contributed by atoms with E-state index >= 15 is 0 Å². The predicted molar refractivity (Wildman–Crippen MR) is 77.9 cm³/mol. The van der Waals surface area contributed by atoms with E-state index in [0.717, 1.165) is 0 Å². The molecule has 7 nitrogen and oxygen atoms in total. The third-order valence-electron chi connectivity index (χ3n) is 2.42. The topological polar surface area (TPSA) is 94.9 Å². The zero-order chi connectivity index (χ0) is 15.4. The van der Waals surface area contributed by atoms with Crippen LogP contribution in [0.2, 0.25) is 0 Å². The first-order valence-corrected chi connectivity index (χ1v) is 6.52. The smallest absolute Gasteiger partial charge is 0.331 e. The van der Waals surface area contributed by atoms with Crippen LogP contribution < -0.4 is 0 Å². The minimum Gasteiger partial charge on any atom is -0.455 e. The molecule has 2 rings (SSSR count). The summed E-state index contributed by atoms with van der Waals surface area (Å²) >= 11 is 3.27. The third-order valence-corrected chi connectivity index (χ3v) is 3.07. The highest BCUT2D eigenvalue weighted by atomic mass is 79.9. The molecular formula is C13H9BrN2O5.